The molecule has 0 aromatic carbocycles. The summed E-state index contributed by atoms with van der Waals surface area (Å²) in [6.07, 6.45) is 4.81. The van der Waals surface area contributed by atoms with Gasteiger partial charge in [-0.3, -0.25) is 0 Å². The molecule has 1 saturated carbocycles. The van der Waals surface area contributed by atoms with E-state index in [1.165, 1.54) is 25.7 Å². The molecule has 1 aliphatic rings. The minimum Gasteiger partial charge on any atom is -0.478 e. The molecule has 0 aliphatic heterocycles. The Bertz CT molecular complexity index is 479. The van der Waals surface area contributed by atoms with Gasteiger partial charge in [-0.25, -0.2) is 9.78 Å². The van der Waals surface area contributed by atoms with E-state index in [1.807, 2.05) is 19.9 Å². The van der Waals surface area contributed by atoms with Gasteiger partial charge in [0.15, 0.2) is 0 Å². The summed E-state index contributed by atoms with van der Waals surface area (Å²) in [7, 11) is 0. The number of aromatic carboxylic acids is 1. The summed E-state index contributed by atoms with van der Waals surface area (Å²) in [5.74, 6) is -0.0559. The standard InChI is InChI=1S/C15H21NO2S/c1-9-4-6-12(7-5-9)19-14-13(15(17)18)10(2)8-11(3)16-14/h8-9,12H,4-7H2,1-3H3,(H,17,18). The zero-order chi connectivity index (χ0) is 14.0. The summed E-state index contributed by atoms with van der Waals surface area (Å²) in [6.45, 7) is 6.06. The molecule has 1 heterocycles. The van der Waals surface area contributed by atoms with E-state index in [2.05, 4.69) is 11.9 Å². The van der Waals surface area contributed by atoms with Crippen LogP contribution in [0.1, 0.15) is 54.2 Å². The Morgan fingerprint density at radius 2 is 1.95 bits per heavy atom. The summed E-state index contributed by atoms with van der Waals surface area (Å²) in [4.78, 5) is 15.8. The highest BCUT2D eigenvalue weighted by Crippen LogP contribution is 2.37. The molecule has 0 bridgehead atoms. The molecule has 0 saturated heterocycles. The van der Waals surface area contributed by atoms with E-state index in [-0.39, 0.29) is 0 Å². The summed E-state index contributed by atoms with van der Waals surface area (Å²) in [5.41, 5.74) is 2.09. The van der Waals surface area contributed by atoms with Gasteiger partial charge in [0.05, 0.1) is 5.56 Å². The van der Waals surface area contributed by atoms with Gasteiger partial charge in [0.2, 0.25) is 0 Å². The first-order chi connectivity index (χ1) is 8.97. The lowest BCUT2D eigenvalue weighted by atomic mass is 9.91. The van der Waals surface area contributed by atoms with Crippen LogP contribution in [0.4, 0.5) is 0 Å². The smallest absolute Gasteiger partial charge is 0.338 e. The number of carboxylic acid groups (broad SMARTS) is 1. The van der Waals surface area contributed by atoms with Crippen LogP contribution in [0.25, 0.3) is 0 Å². The summed E-state index contributed by atoms with van der Waals surface area (Å²) >= 11 is 1.66. The van der Waals surface area contributed by atoms with Crippen molar-refractivity contribution in [3.05, 3.63) is 22.9 Å². The van der Waals surface area contributed by atoms with E-state index < -0.39 is 5.97 Å². The minimum atomic E-state index is -0.864. The average Bonchev–Trinajstić information content (AvgIpc) is 2.30. The SMILES string of the molecule is Cc1cc(C)c(C(=O)O)c(SC2CCC(C)CC2)n1. The van der Waals surface area contributed by atoms with Gasteiger partial charge in [-0.1, -0.05) is 6.92 Å². The van der Waals surface area contributed by atoms with Crippen molar-refractivity contribution in [1.82, 2.24) is 4.98 Å². The van der Waals surface area contributed by atoms with Crippen LogP contribution in [0.5, 0.6) is 0 Å². The highest BCUT2D eigenvalue weighted by atomic mass is 32.2. The van der Waals surface area contributed by atoms with Gasteiger partial charge in [0, 0.05) is 10.9 Å². The van der Waals surface area contributed by atoms with Crippen LogP contribution < -0.4 is 0 Å². The number of carboxylic acids is 1. The van der Waals surface area contributed by atoms with Crippen LogP contribution in [-0.2, 0) is 0 Å². The maximum Gasteiger partial charge on any atom is 0.338 e. The van der Waals surface area contributed by atoms with Gasteiger partial charge in [-0.05, 0) is 57.1 Å². The third kappa shape index (κ3) is 3.50. The zero-order valence-corrected chi connectivity index (χ0v) is 12.6. The highest BCUT2D eigenvalue weighted by Gasteiger charge is 2.23. The number of carbonyl (C=O) groups is 1. The molecule has 2 rings (SSSR count). The fourth-order valence-electron chi connectivity index (χ4n) is 2.65. The quantitative estimate of drug-likeness (QED) is 0.906. The summed E-state index contributed by atoms with van der Waals surface area (Å²) in [5, 5.41) is 10.6. The minimum absolute atomic E-state index is 0.384. The van der Waals surface area contributed by atoms with E-state index >= 15 is 0 Å². The number of pyridine rings is 1. The van der Waals surface area contributed by atoms with Gasteiger partial charge in [-0.15, -0.1) is 11.8 Å². The van der Waals surface area contributed by atoms with E-state index in [4.69, 9.17) is 0 Å². The van der Waals surface area contributed by atoms with Crippen molar-refractivity contribution in [2.75, 3.05) is 0 Å². The maximum absolute atomic E-state index is 11.4. The third-order valence-electron chi connectivity index (χ3n) is 3.77. The topological polar surface area (TPSA) is 50.2 Å². The lowest BCUT2D eigenvalue weighted by Gasteiger charge is -2.25. The third-order valence-corrected chi connectivity index (χ3v) is 5.09. The van der Waals surface area contributed by atoms with Gasteiger partial charge < -0.3 is 5.11 Å². The van der Waals surface area contributed by atoms with Gasteiger partial charge in [0.1, 0.15) is 5.03 Å². The Labute approximate surface area is 118 Å². The van der Waals surface area contributed by atoms with Crippen LogP contribution in [0, 0.1) is 19.8 Å². The number of thioether (sulfide) groups is 1. The van der Waals surface area contributed by atoms with E-state index in [0.717, 1.165) is 17.2 Å². The van der Waals surface area contributed by atoms with Crippen LogP contribution in [0.2, 0.25) is 0 Å². The van der Waals surface area contributed by atoms with Crippen LogP contribution in [0.15, 0.2) is 11.1 Å². The zero-order valence-electron chi connectivity index (χ0n) is 11.8. The fraction of sp³-hybridized carbons (Fsp3) is 0.600. The molecule has 1 aromatic heterocycles. The van der Waals surface area contributed by atoms with Crippen LogP contribution in [0.3, 0.4) is 0 Å². The molecule has 0 radical (unpaired) electrons. The molecule has 0 amide bonds. The fourth-order valence-corrected chi connectivity index (χ4v) is 4.04. The lowest BCUT2D eigenvalue weighted by Crippen LogP contribution is -2.15. The monoisotopic (exact) mass is 279 g/mol. The molecule has 0 unspecified atom stereocenters. The Kier molecular flexibility index (Phi) is 4.50. The first-order valence-corrected chi connectivity index (χ1v) is 7.73. The van der Waals surface area contributed by atoms with Gasteiger partial charge >= 0.3 is 5.97 Å². The molecule has 104 valence electrons. The Morgan fingerprint density at radius 3 is 2.53 bits per heavy atom. The lowest BCUT2D eigenvalue weighted by molar-refractivity contribution is 0.0691. The maximum atomic E-state index is 11.4. The molecular formula is C15H21NO2S. The van der Waals surface area contributed by atoms with Crippen molar-refractivity contribution in [3.8, 4) is 0 Å². The Balaban J connectivity index is 2.21. The first kappa shape index (κ1) is 14.4. The molecule has 4 heteroatoms. The Morgan fingerprint density at radius 1 is 1.32 bits per heavy atom. The molecule has 1 N–H and O–H groups in total. The van der Waals surface area contributed by atoms with E-state index in [0.29, 0.717) is 15.8 Å². The number of aromatic nitrogens is 1. The van der Waals surface area contributed by atoms with Crippen LogP contribution in [-0.4, -0.2) is 21.3 Å². The van der Waals surface area contributed by atoms with Crippen molar-refractivity contribution < 1.29 is 9.90 Å². The second-order valence-corrected chi connectivity index (χ2v) is 6.85. The molecule has 1 aliphatic carbocycles. The van der Waals surface area contributed by atoms with Crippen LogP contribution >= 0.6 is 11.8 Å². The predicted octanol–water partition coefficient (Wildman–Crippen LogP) is 4.07. The molecule has 0 atom stereocenters. The van der Waals surface area contributed by atoms with Crippen molar-refractivity contribution in [1.29, 1.82) is 0 Å². The number of hydrogen-bond acceptors (Lipinski definition) is 3. The number of nitrogens with zero attached hydrogens (tertiary/aromatic N) is 1. The van der Waals surface area contributed by atoms with Crippen molar-refractivity contribution in [2.45, 2.75) is 56.7 Å². The normalized spacial score (nSPS) is 23.3. The van der Waals surface area contributed by atoms with Gasteiger partial charge in [0.25, 0.3) is 0 Å². The second kappa shape index (κ2) is 5.95. The molecular weight excluding hydrogens is 258 g/mol. The largest absolute Gasteiger partial charge is 0.478 e. The highest BCUT2D eigenvalue weighted by molar-refractivity contribution is 7.99. The average molecular weight is 279 g/mol. The van der Waals surface area contributed by atoms with Crippen molar-refractivity contribution in [3.63, 3.8) is 0 Å². The molecule has 1 fully saturated rings. The molecule has 19 heavy (non-hydrogen) atoms. The molecule has 0 spiro atoms. The second-order valence-electron chi connectivity index (χ2n) is 5.57. The Hall–Kier alpha value is -1.03. The number of aryl methyl sites for hydroxylation is 2. The number of rotatable bonds is 3. The number of hydrogen-bond donors (Lipinski definition) is 1. The molecule has 1 aromatic rings. The van der Waals surface area contributed by atoms with Crippen molar-refractivity contribution in [2.24, 2.45) is 5.92 Å². The van der Waals surface area contributed by atoms with Gasteiger partial charge in [-0.2, -0.15) is 0 Å². The van der Waals surface area contributed by atoms with E-state index in [1.54, 1.807) is 11.8 Å². The van der Waals surface area contributed by atoms with E-state index in [9.17, 15) is 9.90 Å². The summed E-state index contributed by atoms with van der Waals surface area (Å²) in [6, 6.07) is 1.84. The summed E-state index contributed by atoms with van der Waals surface area (Å²) < 4.78 is 0. The first-order valence-electron chi connectivity index (χ1n) is 6.85. The predicted molar refractivity (Wildman–Crippen MR) is 77.9 cm³/mol. The molecule has 3 nitrogen and oxygen atoms in total. The van der Waals surface area contributed by atoms with Crippen molar-refractivity contribution >= 4 is 17.7 Å².